The van der Waals surface area contributed by atoms with Gasteiger partial charge in [-0.25, -0.2) is 0 Å². The number of carbonyl (C=O) groups excluding carboxylic acids is 2. The number of hydrogen-bond donors (Lipinski definition) is 1. The number of benzene rings is 2. The van der Waals surface area contributed by atoms with E-state index in [0.717, 1.165) is 17.5 Å². The summed E-state index contributed by atoms with van der Waals surface area (Å²) in [6, 6.07) is 17.1. The second-order valence-electron chi connectivity index (χ2n) is 6.75. The van der Waals surface area contributed by atoms with Gasteiger partial charge in [0.1, 0.15) is 6.29 Å². The molecule has 5 heteroatoms. The Hall–Kier alpha value is -2.37. The molecular weight excluding hydrogens is 358 g/mol. The van der Waals surface area contributed by atoms with E-state index < -0.39 is 11.5 Å². The molecular formula is C22H23NO3S. The minimum Gasteiger partial charge on any atom is -0.375 e. The first-order valence-electron chi connectivity index (χ1n) is 8.82. The highest BCUT2D eigenvalue weighted by atomic mass is 32.2. The van der Waals surface area contributed by atoms with Gasteiger partial charge in [-0.1, -0.05) is 54.6 Å². The summed E-state index contributed by atoms with van der Waals surface area (Å²) >= 11 is 1.54. The van der Waals surface area contributed by atoms with Crippen LogP contribution in [0.2, 0.25) is 0 Å². The molecule has 4 nitrogen and oxygen atoms in total. The van der Waals surface area contributed by atoms with E-state index in [4.69, 9.17) is 0 Å². The van der Waals surface area contributed by atoms with Crippen molar-refractivity contribution in [3.63, 3.8) is 0 Å². The number of rotatable bonds is 7. The monoisotopic (exact) mass is 381 g/mol. The van der Waals surface area contributed by atoms with Gasteiger partial charge in [0.15, 0.2) is 5.60 Å². The summed E-state index contributed by atoms with van der Waals surface area (Å²) < 4.78 is 0. The van der Waals surface area contributed by atoms with E-state index in [9.17, 15) is 14.7 Å². The highest BCUT2D eigenvalue weighted by molar-refractivity contribution is 7.98. The molecule has 1 N–H and O–H groups in total. The number of para-hydroxylation sites is 1. The van der Waals surface area contributed by atoms with Crippen molar-refractivity contribution in [1.82, 2.24) is 0 Å². The first-order valence-corrected chi connectivity index (χ1v) is 10.2. The van der Waals surface area contributed by atoms with Crippen molar-refractivity contribution in [3.8, 4) is 0 Å². The van der Waals surface area contributed by atoms with Crippen molar-refractivity contribution in [1.29, 1.82) is 0 Å². The molecule has 27 heavy (non-hydrogen) atoms. The zero-order valence-electron chi connectivity index (χ0n) is 15.5. The number of thioether (sulfide) groups is 1. The lowest BCUT2D eigenvalue weighted by molar-refractivity contribution is -0.139. The maximum Gasteiger partial charge on any atom is 0.264 e. The van der Waals surface area contributed by atoms with E-state index in [-0.39, 0.29) is 5.91 Å². The van der Waals surface area contributed by atoms with Gasteiger partial charge in [0.2, 0.25) is 0 Å². The van der Waals surface area contributed by atoms with Crippen molar-refractivity contribution in [2.45, 2.75) is 19.1 Å². The second kappa shape index (κ2) is 8.11. The molecule has 0 saturated carbocycles. The van der Waals surface area contributed by atoms with Crippen LogP contribution in [0.4, 0.5) is 5.69 Å². The first kappa shape index (κ1) is 19.4. The first-order chi connectivity index (χ1) is 13.0. The molecule has 2 aromatic carbocycles. The summed E-state index contributed by atoms with van der Waals surface area (Å²) in [6.07, 6.45) is 4.39. The molecule has 2 aromatic rings. The highest BCUT2D eigenvalue weighted by Gasteiger charge is 2.53. The zero-order valence-corrected chi connectivity index (χ0v) is 16.3. The number of hydrogen-bond acceptors (Lipinski definition) is 4. The van der Waals surface area contributed by atoms with Gasteiger partial charge in [0.05, 0.1) is 12.2 Å². The third-order valence-electron chi connectivity index (χ3n) is 4.89. The molecule has 0 saturated heterocycles. The molecule has 140 valence electrons. The molecule has 3 rings (SSSR count). The van der Waals surface area contributed by atoms with Crippen LogP contribution in [-0.4, -0.2) is 29.3 Å². The van der Waals surface area contributed by atoms with Crippen LogP contribution in [0.15, 0.2) is 66.2 Å². The average Bonchev–Trinajstić information content (AvgIpc) is 2.91. The quantitative estimate of drug-likeness (QED) is 0.589. The predicted octanol–water partition coefficient (Wildman–Crippen LogP) is 3.55. The fraction of sp³-hybridized carbons (Fsp3) is 0.273. The van der Waals surface area contributed by atoms with Crippen LogP contribution in [-0.2, 0) is 21.7 Å². The van der Waals surface area contributed by atoms with E-state index in [0.29, 0.717) is 23.4 Å². The van der Waals surface area contributed by atoms with E-state index in [1.54, 1.807) is 24.0 Å². The molecule has 0 aliphatic carbocycles. The van der Waals surface area contributed by atoms with Gasteiger partial charge >= 0.3 is 0 Å². The SMILES string of the molecule is CSCC(/C=C(\C)C=O)[C@]1(O)C(=O)N(Cc2ccccc2)c2ccccc21. The summed E-state index contributed by atoms with van der Waals surface area (Å²) in [4.78, 5) is 26.2. The highest BCUT2D eigenvalue weighted by Crippen LogP contribution is 2.46. The average molecular weight is 381 g/mol. The lowest BCUT2D eigenvalue weighted by atomic mass is 9.82. The Labute approximate surface area is 163 Å². The van der Waals surface area contributed by atoms with Crippen molar-refractivity contribution >= 4 is 29.6 Å². The van der Waals surface area contributed by atoms with Gasteiger partial charge in [-0.15, -0.1) is 0 Å². The third kappa shape index (κ3) is 3.57. The summed E-state index contributed by atoms with van der Waals surface area (Å²) in [7, 11) is 0. The van der Waals surface area contributed by atoms with E-state index in [2.05, 4.69) is 0 Å². The number of aliphatic hydroxyl groups is 1. The van der Waals surface area contributed by atoms with Crippen LogP contribution in [0.1, 0.15) is 18.1 Å². The lowest BCUT2D eigenvalue weighted by Crippen LogP contribution is -2.46. The normalized spacial score (nSPS) is 20.5. The zero-order chi connectivity index (χ0) is 19.4. The molecule has 0 radical (unpaired) electrons. The Morgan fingerprint density at radius 2 is 1.85 bits per heavy atom. The largest absolute Gasteiger partial charge is 0.375 e. The van der Waals surface area contributed by atoms with Crippen LogP contribution in [0, 0.1) is 5.92 Å². The molecule has 0 spiro atoms. The van der Waals surface area contributed by atoms with Crippen molar-refractivity contribution in [2.24, 2.45) is 5.92 Å². The molecule has 1 unspecified atom stereocenters. The van der Waals surface area contributed by atoms with Gasteiger partial charge in [0.25, 0.3) is 5.91 Å². The summed E-state index contributed by atoms with van der Waals surface area (Å²) in [5.41, 5.74) is 1.13. The third-order valence-corrected chi connectivity index (χ3v) is 5.59. The van der Waals surface area contributed by atoms with Crippen molar-refractivity contribution in [2.75, 3.05) is 16.9 Å². The van der Waals surface area contributed by atoms with E-state index in [1.807, 2.05) is 54.8 Å². The molecule has 1 aliphatic heterocycles. The van der Waals surface area contributed by atoms with Crippen LogP contribution in [0.5, 0.6) is 0 Å². The summed E-state index contributed by atoms with van der Waals surface area (Å²) in [5.74, 6) is -0.310. The summed E-state index contributed by atoms with van der Waals surface area (Å²) in [5, 5.41) is 11.6. The smallest absolute Gasteiger partial charge is 0.264 e. The maximum atomic E-state index is 13.4. The van der Waals surface area contributed by atoms with Crippen molar-refractivity contribution in [3.05, 3.63) is 77.4 Å². The fourth-order valence-corrected chi connectivity index (χ4v) is 4.27. The number of fused-ring (bicyclic) bond motifs is 1. The number of carbonyl (C=O) groups is 2. The van der Waals surface area contributed by atoms with Gasteiger partial charge < -0.3 is 10.0 Å². The minimum absolute atomic E-state index is 0.346. The number of allylic oxidation sites excluding steroid dienone is 1. The number of nitrogens with zero attached hydrogens (tertiary/aromatic N) is 1. The topological polar surface area (TPSA) is 57.6 Å². The Kier molecular flexibility index (Phi) is 5.82. The predicted molar refractivity (Wildman–Crippen MR) is 110 cm³/mol. The standard InChI is InChI=1S/C22H23NO3S/c1-16(14-24)12-18(15-27-2)22(26)19-10-6-7-11-20(19)23(21(22)25)13-17-8-4-3-5-9-17/h3-12,14,18,26H,13,15H2,1-2H3/b16-12+/t18?,22-/m1/s1. The molecule has 0 bridgehead atoms. The number of aldehydes is 1. The molecule has 1 amide bonds. The molecule has 1 heterocycles. The van der Waals surface area contributed by atoms with Crippen LogP contribution >= 0.6 is 11.8 Å². The molecule has 0 fully saturated rings. The molecule has 1 aliphatic rings. The fourth-order valence-electron chi connectivity index (χ4n) is 3.57. The van der Waals surface area contributed by atoms with Gasteiger partial charge in [-0.05, 0) is 30.4 Å². The van der Waals surface area contributed by atoms with Crippen LogP contribution in [0.3, 0.4) is 0 Å². The molecule has 0 aromatic heterocycles. The Balaban J connectivity index is 2.07. The van der Waals surface area contributed by atoms with Crippen LogP contribution < -0.4 is 4.90 Å². The minimum atomic E-state index is -1.68. The van der Waals surface area contributed by atoms with E-state index in [1.165, 1.54) is 11.8 Å². The lowest BCUT2D eigenvalue weighted by Gasteiger charge is -2.30. The van der Waals surface area contributed by atoms with Gasteiger partial charge in [-0.3, -0.25) is 9.59 Å². The van der Waals surface area contributed by atoms with Crippen LogP contribution in [0.25, 0.3) is 0 Å². The number of anilines is 1. The molecule has 2 atom stereocenters. The summed E-state index contributed by atoms with van der Waals surface area (Å²) in [6.45, 7) is 2.08. The number of amides is 1. The maximum absolute atomic E-state index is 13.4. The Morgan fingerprint density at radius 1 is 1.19 bits per heavy atom. The van der Waals surface area contributed by atoms with Crippen molar-refractivity contribution < 1.29 is 14.7 Å². The van der Waals surface area contributed by atoms with Gasteiger partial charge in [-0.2, -0.15) is 11.8 Å². The van der Waals surface area contributed by atoms with Gasteiger partial charge in [0, 0.05) is 17.2 Å². The Bertz CT molecular complexity index is 865. The van der Waals surface area contributed by atoms with E-state index >= 15 is 0 Å². The Morgan fingerprint density at radius 3 is 2.52 bits per heavy atom. The second-order valence-corrected chi connectivity index (χ2v) is 7.66.